The van der Waals surface area contributed by atoms with Crippen LogP contribution in [0.15, 0.2) is 78.9 Å². The summed E-state index contributed by atoms with van der Waals surface area (Å²) < 4.78 is 42.8. The number of ketones is 1. The quantitative estimate of drug-likeness (QED) is 0.469. The first-order chi connectivity index (χ1) is 15.8. The van der Waals surface area contributed by atoms with E-state index >= 15 is 0 Å². The number of halogens is 3. The number of fused-ring (bicyclic) bond motifs is 3. The van der Waals surface area contributed by atoms with Crippen LogP contribution in [-0.4, -0.2) is 31.2 Å². The monoisotopic (exact) mass is 451 g/mol. The van der Waals surface area contributed by atoms with Gasteiger partial charge in [0.15, 0.2) is 0 Å². The molecule has 0 spiro atoms. The van der Waals surface area contributed by atoms with Gasteiger partial charge < -0.3 is 10.1 Å². The number of carbonyl (C=O) groups is 2. The van der Waals surface area contributed by atoms with Crippen LogP contribution in [0.2, 0.25) is 0 Å². The van der Waals surface area contributed by atoms with Crippen molar-refractivity contribution in [2.75, 3.05) is 13.2 Å². The number of alkyl carbamates (subject to hydrolysis) is 1. The van der Waals surface area contributed by atoms with Crippen molar-refractivity contribution in [3.8, 4) is 11.1 Å². The maximum atomic E-state index is 12.5. The second-order valence-corrected chi connectivity index (χ2v) is 7.56. The predicted molar refractivity (Wildman–Crippen MR) is 119 cm³/mol. The average molecular weight is 451 g/mol. The molecule has 33 heavy (non-hydrogen) atoms. The van der Waals surface area contributed by atoms with Crippen LogP contribution in [0.4, 0.5) is 18.0 Å². The fourth-order valence-electron chi connectivity index (χ4n) is 3.90. The predicted octanol–water partition coefficient (Wildman–Crippen LogP) is 5.98. The number of hydrogen-bond acceptors (Lipinski definition) is 3. The van der Waals surface area contributed by atoms with Crippen LogP contribution in [-0.2, 0) is 4.74 Å². The molecular weight excluding hydrogens is 431 g/mol. The first-order valence-corrected chi connectivity index (χ1v) is 10.3. The number of alkyl halides is 3. The zero-order valence-electron chi connectivity index (χ0n) is 17.4. The molecule has 0 aromatic heterocycles. The van der Waals surface area contributed by atoms with E-state index in [1.165, 1.54) is 12.1 Å². The van der Waals surface area contributed by atoms with Crippen molar-refractivity contribution < 1.29 is 27.5 Å². The molecule has 0 aliphatic heterocycles. The van der Waals surface area contributed by atoms with Crippen LogP contribution in [0.25, 0.3) is 17.2 Å². The maximum Gasteiger partial charge on any atom is 0.454 e. The molecule has 4 nitrogen and oxygen atoms in total. The topological polar surface area (TPSA) is 55.4 Å². The highest BCUT2D eigenvalue weighted by molar-refractivity contribution is 6.00. The second kappa shape index (κ2) is 9.32. The van der Waals surface area contributed by atoms with E-state index in [1.54, 1.807) is 12.2 Å². The van der Waals surface area contributed by atoms with E-state index in [-0.39, 0.29) is 19.1 Å². The minimum absolute atomic E-state index is 0.0309. The molecule has 1 N–H and O–H groups in total. The molecule has 3 aromatic carbocycles. The number of rotatable bonds is 6. The van der Waals surface area contributed by atoms with E-state index < -0.39 is 23.6 Å². The summed E-state index contributed by atoms with van der Waals surface area (Å²) in [4.78, 5) is 23.3. The molecule has 1 amide bonds. The Morgan fingerprint density at radius 1 is 0.879 bits per heavy atom. The van der Waals surface area contributed by atoms with Crippen LogP contribution in [0.5, 0.6) is 0 Å². The van der Waals surface area contributed by atoms with Gasteiger partial charge in [0, 0.05) is 18.0 Å². The molecule has 0 atom stereocenters. The lowest BCUT2D eigenvalue weighted by molar-refractivity contribution is -0.0885. The highest BCUT2D eigenvalue weighted by atomic mass is 19.4. The summed E-state index contributed by atoms with van der Waals surface area (Å²) in [6.07, 6.45) is -2.19. The van der Waals surface area contributed by atoms with E-state index in [4.69, 9.17) is 4.74 Å². The summed E-state index contributed by atoms with van der Waals surface area (Å²) in [6.45, 7) is 0.387. The summed E-state index contributed by atoms with van der Waals surface area (Å²) in [7, 11) is 0. The Bertz CT molecular complexity index is 1150. The van der Waals surface area contributed by atoms with Gasteiger partial charge in [-0.2, -0.15) is 13.2 Å². The smallest absolute Gasteiger partial charge is 0.449 e. The summed E-state index contributed by atoms with van der Waals surface area (Å²) in [6, 6.07) is 21.2. The first kappa shape index (κ1) is 22.3. The summed E-state index contributed by atoms with van der Waals surface area (Å²) in [5.74, 6) is -1.91. The number of ether oxygens (including phenoxy) is 1. The molecule has 1 aliphatic rings. The normalized spacial score (nSPS) is 12.9. The van der Waals surface area contributed by atoms with Gasteiger partial charge in [-0.1, -0.05) is 84.9 Å². The van der Waals surface area contributed by atoms with Crippen molar-refractivity contribution in [3.05, 3.63) is 101 Å². The van der Waals surface area contributed by atoms with Gasteiger partial charge in [0.05, 0.1) is 0 Å². The van der Waals surface area contributed by atoms with E-state index in [0.29, 0.717) is 5.56 Å². The number of amides is 1. The Kier molecular flexibility index (Phi) is 6.31. The molecule has 4 rings (SSSR count). The lowest BCUT2D eigenvalue weighted by Gasteiger charge is -2.14. The highest BCUT2D eigenvalue weighted by Crippen LogP contribution is 2.44. The third kappa shape index (κ3) is 4.98. The van der Waals surface area contributed by atoms with Gasteiger partial charge in [0.2, 0.25) is 0 Å². The fourth-order valence-corrected chi connectivity index (χ4v) is 3.90. The van der Waals surface area contributed by atoms with E-state index in [0.717, 1.165) is 34.4 Å². The molecule has 3 aromatic rings. The molecular formula is C26H20F3NO3. The minimum atomic E-state index is -4.90. The molecule has 0 bridgehead atoms. The molecule has 0 saturated heterocycles. The van der Waals surface area contributed by atoms with Crippen LogP contribution in [0.3, 0.4) is 0 Å². The number of nitrogens with one attached hydrogen (secondary N) is 1. The Hall–Kier alpha value is -3.87. The highest BCUT2D eigenvalue weighted by Gasteiger charge is 2.39. The van der Waals surface area contributed by atoms with Crippen molar-refractivity contribution in [1.29, 1.82) is 0 Å². The van der Waals surface area contributed by atoms with Gasteiger partial charge in [-0.3, -0.25) is 4.79 Å². The largest absolute Gasteiger partial charge is 0.454 e. The van der Waals surface area contributed by atoms with Gasteiger partial charge in [-0.05, 0) is 27.8 Å². The lowest BCUT2D eigenvalue weighted by atomic mass is 9.98. The van der Waals surface area contributed by atoms with Gasteiger partial charge in [0.25, 0.3) is 5.78 Å². The molecule has 0 heterocycles. The van der Waals surface area contributed by atoms with E-state index in [9.17, 15) is 22.8 Å². The third-order valence-corrected chi connectivity index (χ3v) is 5.45. The Labute approximate surface area is 188 Å². The van der Waals surface area contributed by atoms with E-state index in [2.05, 4.69) is 17.4 Å². The van der Waals surface area contributed by atoms with Crippen LogP contribution >= 0.6 is 0 Å². The SMILES string of the molecule is O=C(NCC=Cc1ccc(C(=O)C(F)(F)F)cc1)OCC1c2ccccc2-c2ccccc21. The Morgan fingerprint density at radius 2 is 1.45 bits per heavy atom. The Balaban J connectivity index is 1.28. The third-order valence-electron chi connectivity index (χ3n) is 5.45. The van der Waals surface area contributed by atoms with Gasteiger partial charge >= 0.3 is 12.3 Å². The standard InChI is InChI=1S/C26H20F3NO3/c27-26(28,29)24(31)18-13-11-17(12-14-18)6-5-15-30-25(32)33-16-23-21-9-3-1-7-19(21)20-8-2-4-10-22(20)23/h1-14,23H,15-16H2,(H,30,32). The molecule has 1 aliphatic carbocycles. The average Bonchev–Trinajstić information content (AvgIpc) is 3.13. The fraction of sp³-hybridized carbons (Fsp3) is 0.154. The second-order valence-electron chi connectivity index (χ2n) is 7.56. The number of benzene rings is 3. The molecule has 7 heteroatoms. The van der Waals surface area contributed by atoms with Crippen molar-refractivity contribution in [1.82, 2.24) is 5.32 Å². The van der Waals surface area contributed by atoms with Crippen LogP contribution in [0.1, 0.15) is 33.0 Å². The molecule has 0 radical (unpaired) electrons. The summed E-state index contributed by atoms with van der Waals surface area (Å²) >= 11 is 0. The molecule has 0 fully saturated rings. The number of hydrogen-bond donors (Lipinski definition) is 1. The Morgan fingerprint density at radius 3 is 2.03 bits per heavy atom. The summed E-state index contributed by atoms with van der Waals surface area (Å²) in [5, 5.41) is 2.62. The van der Waals surface area contributed by atoms with Crippen LogP contribution < -0.4 is 5.32 Å². The maximum absolute atomic E-state index is 12.5. The molecule has 0 saturated carbocycles. The van der Waals surface area contributed by atoms with Crippen molar-refractivity contribution in [2.24, 2.45) is 0 Å². The number of carbonyl (C=O) groups excluding carboxylic acids is 2. The first-order valence-electron chi connectivity index (χ1n) is 10.3. The van der Waals surface area contributed by atoms with Gasteiger partial charge in [0.1, 0.15) is 6.61 Å². The molecule has 168 valence electrons. The van der Waals surface area contributed by atoms with Crippen molar-refractivity contribution in [3.63, 3.8) is 0 Å². The van der Waals surface area contributed by atoms with E-state index in [1.807, 2.05) is 36.4 Å². The van der Waals surface area contributed by atoms with Gasteiger partial charge in [-0.15, -0.1) is 0 Å². The summed E-state index contributed by atoms with van der Waals surface area (Å²) in [5.41, 5.74) is 4.72. The van der Waals surface area contributed by atoms with Crippen molar-refractivity contribution in [2.45, 2.75) is 12.1 Å². The lowest BCUT2D eigenvalue weighted by Crippen LogP contribution is -2.26. The van der Waals surface area contributed by atoms with Gasteiger partial charge in [-0.25, -0.2) is 4.79 Å². The minimum Gasteiger partial charge on any atom is -0.449 e. The molecule has 0 unspecified atom stereocenters. The van der Waals surface area contributed by atoms with Crippen molar-refractivity contribution >= 4 is 18.0 Å². The zero-order valence-corrected chi connectivity index (χ0v) is 17.4. The zero-order chi connectivity index (χ0) is 23.4. The van der Waals surface area contributed by atoms with Crippen LogP contribution in [0, 0.1) is 0 Å². The number of Topliss-reactive ketones (excluding diaryl/α,β-unsaturated/α-hetero) is 1.